The smallest absolute Gasteiger partial charge is 0.221 e. The SMILES string of the molecule is CCCNc1ncnc(NCCC(=O)NC2CC2)c1CC. The average molecular weight is 291 g/mol. The third-order valence-corrected chi connectivity index (χ3v) is 3.43. The fourth-order valence-electron chi connectivity index (χ4n) is 2.12. The van der Waals surface area contributed by atoms with Gasteiger partial charge in [-0.2, -0.15) is 0 Å². The van der Waals surface area contributed by atoms with Gasteiger partial charge in [0.2, 0.25) is 5.91 Å². The quantitative estimate of drug-likeness (QED) is 0.648. The second-order valence-electron chi connectivity index (χ2n) is 5.35. The van der Waals surface area contributed by atoms with E-state index >= 15 is 0 Å². The van der Waals surface area contributed by atoms with Crippen molar-refractivity contribution in [2.24, 2.45) is 0 Å². The summed E-state index contributed by atoms with van der Waals surface area (Å²) >= 11 is 0. The second-order valence-corrected chi connectivity index (χ2v) is 5.35. The highest BCUT2D eigenvalue weighted by molar-refractivity contribution is 5.77. The largest absolute Gasteiger partial charge is 0.370 e. The van der Waals surface area contributed by atoms with Crippen LogP contribution in [-0.4, -0.2) is 35.0 Å². The standard InChI is InChI=1S/C15H25N5O/c1-3-8-16-14-12(4-2)15(19-10-18-14)17-9-7-13(21)20-11-5-6-11/h10-11H,3-9H2,1-2H3,(H,20,21)(H2,16,17,18,19). The molecule has 0 radical (unpaired) electrons. The molecule has 0 aromatic carbocycles. The van der Waals surface area contributed by atoms with Gasteiger partial charge in [-0.15, -0.1) is 0 Å². The molecule has 1 amide bonds. The maximum Gasteiger partial charge on any atom is 0.221 e. The van der Waals surface area contributed by atoms with Crippen LogP contribution in [0.4, 0.5) is 11.6 Å². The Morgan fingerprint density at radius 2 is 1.86 bits per heavy atom. The van der Waals surface area contributed by atoms with E-state index in [4.69, 9.17) is 0 Å². The number of nitrogens with one attached hydrogen (secondary N) is 3. The summed E-state index contributed by atoms with van der Waals surface area (Å²) in [4.78, 5) is 20.2. The molecule has 0 spiro atoms. The van der Waals surface area contributed by atoms with E-state index in [1.807, 2.05) is 0 Å². The normalized spacial score (nSPS) is 13.8. The lowest BCUT2D eigenvalue weighted by atomic mass is 10.2. The van der Waals surface area contributed by atoms with Crippen LogP contribution in [0.15, 0.2) is 6.33 Å². The number of rotatable bonds is 9. The number of hydrogen-bond donors (Lipinski definition) is 3. The van der Waals surface area contributed by atoms with Gasteiger partial charge in [-0.25, -0.2) is 9.97 Å². The van der Waals surface area contributed by atoms with Gasteiger partial charge in [0.05, 0.1) is 0 Å². The zero-order valence-corrected chi connectivity index (χ0v) is 12.9. The Bertz CT molecular complexity index is 473. The first-order valence-electron chi connectivity index (χ1n) is 7.85. The van der Waals surface area contributed by atoms with Gasteiger partial charge < -0.3 is 16.0 Å². The van der Waals surface area contributed by atoms with Crippen LogP contribution in [0.25, 0.3) is 0 Å². The van der Waals surface area contributed by atoms with Crippen molar-refractivity contribution in [3.63, 3.8) is 0 Å². The van der Waals surface area contributed by atoms with Gasteiger partial charge in [-0.05, 0) is 25.7 Å². The molecule has 116 valence electrons. The third kappa shape index (κ3) is 4.88. The molecule has 1 aromatic heterocycles. The molecule has 1 heterocycles. The fourth-order valence-corrected chi connectivity index (χ4v) is 2.12. The third-order valence-electron chi connectivity index (χ3n) is 3.43. The Morgan fingerprint density at radius 1 is 1.19 bits per heavy atom. The van der Waals surface area contributed by atoms with Gasteiger partial charge in [0.15, 0.2) is 0 Å². The monoisotopic (exact) mass is 291 g/mol. The maximum atomic E-state index is 11.7. The fraction of sp³-hybridized carbons (Fsp3) is 0.667. The molecule has 2 rings (SSSR count). The lowest BCUT2D eigenvalue weighted by Gasteiger charge is -2.14. The van der Waals surface area contributed by atoms with Crippen molar-refractivity contribution in [3.05, 3.63) is 11.9 Å². The van der Waals surface area contributed by atoms with Crippen LogP contribution in [0.2, 0.25) is 0 Å². The van der Waals surface area contributed by atoms with Crippen molar-refractivity contribution < 1.29 is 4.79 Å². The highest BCUT2D eigenvalue weighted by Crippen LogP contribution is 2.21. The zero-order valence-electron chi connectivity index (χ0n) is 12.9. The molecular formula is C15H25N5O. The van der Waals surface area contributed by atoms with Crippen LogP contribution < -0.4 is 16.0 Å². The predicted molar refractivity (Wildman–Crippen MR) is 84.5 cm³/mol. The van der Waals surface area contributed by atoms with Gasteiger partial charge in [0.1, 0.15) is 18.0 Å². The molecule has 0 saturated heterocycles. The lowest BCUT2D eigenvalue weighted by Crippen LogP contribution is -2.27. The van der Waals surface area contributed by atoms with Crippen LogP contribution in [0.3, 0.4) is 0 Å². The van der Waals surface area contributed by atoms with Crippen LogP contribution in [0.1, 0.15) is 45.1 Å². The van der Waals surface area contributed by atoms with Crippen molar-refractivity contribution in [1.29, 1.82) is 0 Å². The zero-order chi connectivity index (χ0) is 15.1. The molecule has 3 N–H and O–H groups in total. The minimum absolute atomic E-state index is 0.112. The Labute approximate surface area is 126 Å². The first-order chi connectivity index (χ1) is 10.2. The van der Waals surface area contributed by atoms with Crippen LogP contribution in [-0.2, 0) is 11.2 Å². The highest BCUT2D eigenvalue weighted by Gasteiger charge is 2.22. The molecule has 0 unspecified atom stereocenters. The minimum atomic E-state index is 0.112. The predicted octanol–water partition coefficient (Wildman–Crippen LogP) is 1.94. The van der Waals surface area contributed by atoms with E-state index in [0.29, 0.717) is 19.0 Å². The summed E-state index contributed by atoms with van der Waals surface area (Å²) in [5.74, 6) is 1.83. The second kappa shape index (κ2) is 7.81. The average Bonchev–Trinajstić information content (AvgIpc) is 3.29. The van der Waals surface area contributed by atoms with Crippen molar-refractivity contribution in [2.75, 3.05) is 23.7 Å². The van der Waals surface area contributed by atoms with Crippen LogP contribution in [0.5, 0.6) is 0 Å². The first-order valence-corrected chi connectivity index (χ1v) is 7.85. The summed E-state index contributed by atoms with van der Waals surface area (Å²) in [5.41, 5.74) is 1.08. The number of carbonyl (C=O) groups excluding carboxylic acids is 1. The first kappa shape index (κ1) is 15.5. The molecular weight excluding hydrogens is 266 g/mol. The maximum absolute atomic E-state index is 11.7. The van der Waals surface area contributed by atoms with E-state index in [2.05, 4.69) is 39.8 Å². The number of nitrogens with zero attached hydrogens (tertiary/aromatic N) is 2. The molecule has 1 saturated carbocycles. The summed E-state index contributed by atoms with van der Waals surface area (Å²) in [6.07, 6.45) is 6.18. The molecule has 1 aliphatic carbocycles. The topological polar surface area (TPSA) is 78.9 Å². The van der Waals surface area contributed by atoms with E-state index in [-0.39, 0.29) is 5.91 Å². The van der Waals surface area contributed by atoms with E-state index in [1.165, 1.54) is 0 Å². The van der Waals surface area contributed by atoms with Crippen molar-refractivity contribution in [2.45, 2.75) is 52.0 Å². The van der Waals surface area contributed by atoms with Gasteiger partial charge in [-0.1, -0.05) is 13.8 Å². The summed E-state index contributed by atoms with van der Waals surface area (Å²) in [6, 6.07) is 0.424. The van der Waals surface area contributed by atoms with Gasteiger partial charge in [-0.3, -0.25) is 4.79 Å². The minimum Gasteiger partial charge on any atom is -0.370 e. The summed E-state index contributed by atoms with van der Waals surface area (Å²) < 4.78 is 0. The molecule has 21 heavy (non-hydrogen) atoms. The van der Waals surface area contributed by atoms with Gasteiger partial charge >= 0.3 is 0 Å². The van der Waals surface area contributed by atoms with Gasteiger partial charge in [0, 0.05) is 31.1 Å². The van der Waals surface area contributed by atoms with Crippen LogP contribution in [0, 0.1) is 0 Å². The molecule has 1 fully saturated rings. The van der Waals surface area contributed by atoms with E-state index in [0.717, 1.165) is 49.4 Å². The molecule has 0 bridgehead atoms. The van der Waals surface area contributed by atoms with Gasteiger partial charge in [0.25, 0.3) is 0 Å². The molecule has 0 atom stereocenters. The van der Waals surface area contributed by atoms with E-state index < -0.39 is 0 Å². The molecule has 0 aliphatic heterocycles. The molecule has 6 heteroatoms. The van der Waals surface area contributed by atoms with Crippen LogP contribution >= 0.6 is 0 Å². The number of carbonyl (C=O) groups is 1. The van der Waals surface area contributed by atoms with Crippen molar-refractivity contribution in [3.8, 4) is 0 Å². The van der Waals surface area contributed by atoms with Crippen molar-refractivity contribution in [1.82, 2.24) is 15.3 Å². The Kier molecular flexibility index (Phi) is 5.78. The highest BCUT2D eigenvalue weighted by atomic mass is 16.1. The summed E-state index contributed by atoms with van der Waals surface area (Å²) in [6.45, 7) is 5.70. The molecule has 1 aromatic rings. The summed E-state index contributed by atoms with van der Waals surface area (Å²) in [5, 5.41) is 9.56. The van der Waals surface area contributed by atoms with Crippen molar-refractivity contribution >= 4 is 17.5 Å². The lowest BCUT2D eigenvalue weighted by molar-refractivity contribution is -0.120. The Hall–Kier alpha value is -1.85. The number of hydrogen-bond acceptors (Lipinski definition) is 5. The molecule has 1 aliphatic rings. The Morgan fingerprint density at radius 3 is 2.43 bits per heavy atom. The Balaban J connectivity index is 1.87. The summed E-state index contributed by atoms with van der Waals surface area (Å²) in [7, 11) is 0. The molecule has 6 nitrogen and oxygen atoms in total. The van der Waals surface area contributed by atoms with E-state index in [9.17, 15) is 4.79 Å². The number of anilines is 2. The number of amides is 1. The van der Waals surface area contributed by atoms with E-state index in [1.54, 1.807) is 6.33 Å². The number of aromatic nitrogens is 2.